The molecule has 0 atom stereocenters. The zero-order valence-electron chi connectivity index (χ0n) is 7.19. The Bertz CT molecular complexity index is 288. The van der Waals surface area contributed by atoms with Gasteiger partial charge in [-0.3, -0.25) is 0 Å². The van der Waals surface area contributed by atoms with Crippen molar-refractivity contribution in [3.63, 3.8) is 0 Å². The summed E-state index contributed by atoms with van der Waals surface area (Å²) in [5.74, 6) is -1.01. The quantitative estimate of drug-likeness (QED) is 0.757. The van der Waals surface area contributed by atoms with E-state index >= 15 is 0 Å². The molecule has 1 aromatic carbocycles. The number of benzene rings is 1. The Morgan fingerprint density at radius 1 is 1.15 bits per heavy atom. The highest BCUT2D eigenvalue weighted by Gasteiger charge is 2.19. The van der Waals surface area contributed by atoms with E-state index in [2.05, 4.69) is 5.32 Å². The van der Waals surface area contributed by atoms with Crippen molar-refractivity contribution in [1.29, 1.82) is 0 Å². The van der Waals surface area contributed by atoms with Crippen LogP contribution < -0.4 is 5.32 Å². The van der Waals surface area contributed by atoms with E-state index in [1.807, 2.05) is 0 Å². The van der Waals surface area contributed by atoms with Crippen LogP contribution in [0.1, 0.15) is 18.4 Å². The Hall–Kier alpha value is -0.960. The van der Waals surface area contributed by atoms with Crippen LogP contribution in [0.3, 0.4) is 0 Å². The van der Waals surface area contributed by atoms with Gasteiger partial charge in [0.1, 0.15) is 11.6 Å². The second kappa shape index (κ2) is 3.42. The highest BCUT2D eigenvalue weighted by molar-refractivity contribution is 5.17. The van der Waals surface area contributed by atoms with Gasteiger partial charge in [-0.15, -0.1) is 0 Å². The summed E-state index contributed by atoms with van der Waals surface area (Å²) in [7, 11) is 0. The van der Waals surface area contributed by atoms with Crippen LogP contribution in [0, 0.1) is 11.6 Å². The summed E-state index contributed by atoms with van der Waals surface area (Å²) in [6.07, 6.45) is 2.36. The van der Waals surface area contributed by atoms with E-state index in [0.717, 1.165) is 6.07 Å². The molecule has 1 aromatic rings. The van der Waals surface area contributed by atoms with Gasteiger partial charge < -0.3 is 5.32 Å². The lowest BCUT2D eigenvalue weighted by Gasteiger charge is -2.02. The van der Waals surface area contributed by atoms with Crippen molar-refractivity contribution in [2.24, 2.45) is 0 Å². The van der Waals surface area contributed by atoms with Gasteiger partial charge in [0.25, 0.3) is 0 Å². The molecular weight excluding hydrogens is 172 g/mol. The third-order valence-corrected chi connectivity index (χ3v) is 2.09. The maximum Gasteiger partial charge on any atom is 0.126 e. The van der Waals surface area contributed by atoms with Crippen LogP contribution in [-0.4, -0.2) is 6.04 Å². The van der Waals surface area contributed by atoms with E-state index in [1.165, 1.54) is 25.0 Å². The number of nitrogens with one attached hydrogen (secondary N) is 1. The van der Waals surface area contributed by atoms with E-state index in [-0.39, 0.29) is 0 Å². The first-order valence-corrected chi connectivity index (χ1v) is 4.42. The third kappa shape index (κ3) is 2.49. The average Bonchev–Trinajstić information content (AvgIpc) is 2.81. The number of hydrogen-bond donors (Lipinski definition) is 1. The molecule has 2 rings (SSSR count). The molecule has 1 aliphatic rings. The fourth-order valence-electron chi connectivity index (χ4n) is 1.26. The minimum Gasteiger partial charge on any atom is -0.310 e. The molecule has 0 bridgehead atoms. The van der Waals surface area contributed by atoms with Crippen LogP contribution in [0.4, 0.5) is 8.78 Å². The molecule has 3 heteroatoms. The van der Waals surface area contributed by atoms with Gasteiger partial charge in [-0.1, -0.05) is 0 Å². The maximum atomic E-state index is 12.7. The fraction of sp³-hybridized carbons (Fsp3) is 0.400. The lowest BCUT2D eigenvalue weighted by atomic mass is 10.2. The summed E-state index contributed by atoms with van der Waals surface area (Å²) in [4.78, 5) is 0. The van der Waals surface area contributed by atoms with Crippen LogP contribution in [-0.2, 0) is 6.54 Å². The Labute approximate surface area is 75.8 Å². The summed E-state index contributed by atoms with van der Waals surface area (Å²) in [5.41, 5.74) is 0.671. The lowest BCUT2D eigenvalue weighted by molar-refractivity contribution is 0.575. The normalized spacial score (nSPS) is 16.2. The lowest BCUT2D eigenvalue weighted by Crippen LogP contribution is -2.15. The largest absolute Gasteiger partial charge is 0.310 e. The summed E-state index contributed by atoms with van der Waals surface area (Å²) in [6.45, 7) is 0.555. The molecule has 0 saturated heterocycles. The van der Waals surface area contributed by atoms with Crippen molar-refractivity contribution < 1.29 is 8.78 Å². The molecule has 0 unspecified atom stereocenters. The van der Waals surface area contributed by atoms with Crippen molar-refractivity contribution in [2.75, 3.05) is 0 Å². The number of hydrogen-bond acceptors (Lipinski definition) is 1. The first-order chi connectivity index (χ1) is 6.24. The highest BCUT2D eigenvalue weighted by atomic mass is 19.1. The monoisotopic (exact) mass is 183 g/mol. The second-order valence-electron chi connectivity index (χ2n) is 3.43. The van der Waals surface area contributed by atoms with E-state index in [1.54, 1.807) is 0 Å². The van der Waals surface area contributed by atoms with Crippen molar-refractivity contribution in [1.82, 2.24) is 5.32 Å². The van der Waals surface area contributed by atoms with Crippen LogP contribution in [0.25, 0.3) is 0 Å². The summed E-state index contributed by atoms with van der Waals surface area (Å²) in [6, 6.07) is 4.17. The van der Waals surface area contributed by atoms with Crippen molar-refractivity contribution in [2.45, 2.75) is 25.4 Å². The van der Waals surface area contributed by atoms with E-state index in [4.69, 9.17) is 0 Å². The number of rotatable bonds is 3. The zero-order chi connectivity index (χ0) is 9.26. The molecule has 1 aliphatic carbocycles. The Kier molecular flexibility index (Phi) is 2.27. The SMILES string of the molecule is Fc1cc(F)cc(CNC2CC2)c1. The molecule has 0 aliphatic heterocycles. The van der Waals surface area contributed by atoms with Crippen LogP contribution >= 0.6 is 0 Å². The van der Waals surface area contributed by atoms with Gasteiger partial charge in [-0.25, -0.2) is 8.78 Å². The molecular formula is C10H11F2N. The zero-order valence-corrected chi connectivity index (χ0v) is 7.19. The highest BCUT2D eigenvalue weighted by Crippen LogP contribution is 2.19. The average molecular weight is 183 g/mol. The van der Waals surface area contributed by atoms with E-state index < -0.39 is 11.6 Å². The molecule has 0 aromatic heterocycles. The van der Waals surface area contributed by atoms with Crippen LogP contribution in [0.2, 0.25) is 0 Å². The van der Waals surface area contributed by atoms with Crippen LogP contribution in [0.5, 0.6) is 0 Å². The first kappa shape index (κ1) is 8.63. The summed E-state index contributed by atoms with van der Waals surface area (Å²) < 4.78 is 25.4. The fourth-order valence-corrected chi connectivity index (χ4v) is 1.26. The van der Waals surface area contributed by atoms with Gasteiger partial charge in [0, 0.05) is 18.7 Å². The molecule has 0 heterocycles. The Balaban J connectivity index is 2.01. The van der Waals surface area contributed by atoms with E-state index in [0.29, 0.717) is 18.2 Å². The standard InChI is InChI=1S/C10H11F2N/c11-8-3-7(4-9(12)5-8)6-13-10-1-2-10/h3-5,10,13H,1-2,6H2. The van der Waals surface area contributed by atoms with Gasteiger partial charge in [0.15, 0.2) is 0 Å². The molecule has 0 amide bonds. The van der Waals surface area contributed by atoms with Gasteiger partial charge in [-0.2, -0.15) is 0 Å². The molecule has 1 nitrogen and oxygen atoms in total. The smallest absolute Gasteiger partial charge is 0.126 e. The predicted octanol–water partition coefficient (Wildman–Crippen LogP) is 2.22. The van der Waals surface area contributed by atoms with Gasteiger partial charge in [0.2, 0.25) is 0 Å². The first-order valence-electron chi connectivity index (χ1n) is 4.42. The molecule has 1 fully saturated rings. The summed E-state index contributed by atoms with van der Waals surface area (Å²) in [5, 5.41) is 3.19. The van der Waals surface area contributed by atoms with Crippen molar-refractivity contribution >= 4 is 0 Å². The van der Waals surface area contributed by atoms with E-state index in [9.17, 15) is 8.78 Å². The Morgan fingerprint density at radius 2 is 1.77 bits per heavy atom. The van der Waals surface area contributed by atoms with Crippen molar-refractivity contribution in [3.05, 3.63) is 35.4 Å². The van der Waals surface area contributed by atoms with Gasteiger partial charge in [0.05, 0.1) is 0 Å². The second-order valence-corrected chi connectivity index (χ2v) is 3.43. The molecule has 70 valence electrons. The molecule has 13 heavy (non-hydrogen) atoms. The van der Waals surface area contributed by atoms with Gasteiger partial charge in [-0.05, 0) is 30.5 Å². The topological polar surface area (TPSA) is 12.0 Å². The maximum absolute atomic E-state index is 12.7. The number of halogens is 2. The minimum absolute atomic E-state index is 0.507. The summed E-state index contributed by atoms with van der Waals surface area (Å²) >= 11 is 0. The third-order valence-electron chi connectivity index (χ3n) is 2.09. The minimum atomic E-state index is -0.507. The van der Waals surface area contributed by atoms with Gasteiger partial charge >= 0.3 is 0 Å². The molecule has 1 saturated carbocycles. The Morgan fingerprint density at radius 3 is 2.31 bits per heavy atom. The van der Waals surface area contributed by atoms with Crippen molar-refractivity contribution in [3.8, 4) is 0 Å². The molecule has 0 radical (unpaired) electrons. The molecule has 0 spiro atoms. The molecule has 1 N–H and O–H groups in total. The predicted molar refractivity (Wildman–Crippen MR) is 46.2 cm³/mol. The van der Waals surface area contributed by atoms with Crippen LogP contribution in [0.15, 0.2) is 18.2 Å².